The Morgan fingerprint density at radius 1 is 1.09 bits per heavy atom. The van der Waals surface area contributed by atoms with Crippen LogP contribution < -0.4 is 5.32 Å². The van der Waals surface area contributed by atoms with Gasteiger partial charge >= 0.3 is 0 Å². The van der Waals surface area contributed by atoms with Crippen LogP contribution in [0.2, 0.25) is 0 Å². The third kappa shape index (κ3) is 3.92. The van der Waals surface area contributed by atoms with Crippen molar-refractivity contribution in [2.45, 2.75) is 13.0 Å². The third-order valence-electron chi connectivity index (χ3n) is 3.43. The summed E-state index contributed by atoms with van der Waals surface area (Å²) in [4.78, 5) is 4.41. The molecule has 23 heavy (non-hydrogen) atoms. The van der Waals surface area contributed by atoms with Gasteiger partial charge in [0, 0.05) is 31.9 Å². The average Bonchev–Trinajstić information content (AvgIpc) is 3.03. The number of aromatic nitrogens is 4. The lowest BCUT2D eigenvalue weighted by Gasteiger charge is -2.09. The normalized spacial score (nSPS) is 10.2. The Morgan fingerprint density at radius 3 is 2.70 bits per heavy atom. The molecule has 114 valence electrons. The highest BCUT2D eigenvalue weighted by Gasteiger charge is 2.04. The zero-order chi connectivity index (χ0) is 15.9. The zero-order valence-electron chi connectivity index (χ0n) is 12.6. The second-order valence-electron chi connectivity index (χ2n) is 5.05. The fraction of sp³-hybridized carbons (Fsp3) is 0.176. The van der Waals surface area contributed by atoms with Gasteiger partial charge in [-0.3, -0.25) is 0 Å². The summed E-state index contributed by atoms with van der Waals surface area (Å²) in [6, 6.07) is 15.6. The molecular formula is C17H16N6. The molecule has 0 bridgehead atoms. The van der Waals surface area contributed by atoms with E-state index in [1.807, 2.05) is 36.7 Å². The molecule has 3 rings (SSSR count). The third-order valence-corrected chi connectivity index (χ3v) is 3.43. The first-order chi connectivity index (χ1) is 11.3. The first-order valence-corrected chi connectivity index (χ1v) is 7.37. The number of rotatable bonds is 6. The molecule has 0 radical (unpaired) electrons. The van der Waals surface area contributed by atoms with Crippen molar-refractivity contribution in [3.8, 4) is 6.07 Å². The minimum absolute atomic E-state index is 0.314. The maximum atomic E-state index is 8.70. The second kappa shape index (κ2) is 7.18. The fourth-order valence-electron chi connectivity index (χ4n) is 2.28. The van der Waals surface area contributed by atoms with Crippen LogP contribution >= 0.6 is 0 Å². The van der Waals surface area contributed by atoms with Gasteiger partial charge in [0.2, 0.25) is 0 Å². The van der Waals surface area contributed by atoms with Gasteiger partial charge in [0.15, 0.2) is 5.69 Å². The van der Waals surface area contributed by atoms with Crippen LogP contribution in [0.4, 0.5) is 5.82 Å². The van der Waals surface area contributed by atoms with Crippen LogP contribution in [-0.4, -0.2) is 26.3 Å². The summed E-state index contributed by atoms with van der Waals surface area (Å²) in [5.74, 6) is 1.67. The van der Waals surface area contributed by atoms with Crippen molar-refractivity contribution in [1.82, 2.24) is 19.7 Å². The first kappa shape index (κ1) is 14.7. The summed E-state index contributed by atoms with van der Waals surface area (Å²) in [5.41, 5.74) is 1.56. The summed E-state index contributed by atoms with van der Waals surface area (Å²) in [6.07, 6.45) is 4.59. The Labute approximate surface area is 134 Å². The topological polar surface area (TPSA) is 79.4 Å². The minimum Gasteiger partial charge on any atom is -0.368 e. The number of benzene rings is 1. The average molecular weight is 304 g/mol. The fourth-order valence-corrected chi connectivity index (χ4v) is 2.28. The van der Waals surface area contributed by atoms with Crippen LogP contribution in [0.1, 0.15) is 17.1 Å². The van der Waals surface area contributed by atoms with E-state index in [0.717, 1.165) is 18.8 Å². The van der Waals surface area contributed by atoms with Crippen LogP contribution in [0.5, 0.6) is 0 Å². The van der Waals surface area contributed by atoms with Gasteiger partial charge in [0.25, 0.3) is 0 Å². The van der Waals surface area contributed by atoms with Crippen LogP contribution in [0.25, 0.3) is 0 Å². The smallest absolute Gasteiger partial charge is 0.163 e. The predicted molar refractivity (Wildman–Crippen MR) is 86.7 cm³/mol. The standard InChI is InChI=1S/C17H16N6/c18-12-15-6-7-16(22-21-15)19-9-8-17-20-10-11-23(17)13-14-4-2-1-3-5-14/h1-7,10-11H,8-9,13H2,(H,19,22). The summed E-state index contributed by atoms with van der Waals surface area (Å²) >= 11 is 0. The van der Waals surface area contributed by atoms with E-state index < -0.39 is 0 Å². The molecule has 6 nitrogen and oxygen atoms in total. The lowest BCUT2D eigenvalue weighted by molar-refractivity contribution is 0.722. The van der Waals surface area contributed by atoms with E-state index in [0.29, 0.717) is 18.1 Å². The van der Waals surface area contributed by atoms with Gasteiger partial charge in [-0.2, -0.15) is 5.26 Å². The number of anilines is 1. The van der Waals surface area contributed by atoms with E-state index in [2.05, 4.69) is 37.2 Å². The molecule has 0 saturated heterocycles. The van der Waals surface area contributed by atoms with Gasteiger partial charge in [0.1, 0.15) is 17.7 Å². The first-order valence-electron chi connectivity index (χ1n) is 7.37. The monoisotopic (exact) mass is 304 g/mol. The van der Waals surface area contributed by atoms with E-state index in [-0.39, 0.29) is 0 Å². The number of hydrogen-bond donors (Lipinski definition) is 1. The Balaban J connectivity index is 1.56. The van der Waals surface area contributed by atoms with Crippen molar-refractivity contribution in [2.24, 2.45) is 0 Å². The lowest BCUT2D eigenvalue weighted by Crippen LogP contribution is -2.12. The SMILES string of the molecule is N#Cc1ccc(NCCc2nccn2Cc2ccccc2)nn1. The second-order valence-corrected chi connectivity index (χ2v) is 5.05. The summed E-state index contributed by atoms with van der Waals surface area (Å²) in [7, 11) is 0. The number of hydrogen-bond acceptors (Lipinski definition) is 5. The largest absolute Gasteiger partial charge is 0.368 e. The van der Waals surface area contributed by atoms with E-state index in [1.54, 1.807) is 12.1 Å². The molecule has 0 atom stereocenters. The van der Waals surface area contributed by atoms with Crippen LogP contribution in [-0.2, 0) is 13.0 Å². The van der Waals surface area contributed by atoms with Gasteiger partial charge in [-0.25, -0.2) is 4.98 Å². The molecule has 0 aliphatic heterocycles. The molecular weight excluding hydrogens is 288 g/mol. The molecule has 1 aromatic carbocycles. The molecule has 0 aliphatic carbocycles. The lowest BCUT2D eigenvalue weighted by atomic mass is 10.2. The Bertz CT molecular complexity index is 786. The summed E-state index contributed by atoms with van der Waals surface area (Å²) in [6.45, 7) is 1.51. The van der Waals surface area contributed by atoms with E-state index in [4.69, 9.17) is 5.26 Å². The van der Waals surface area contributed by atoms with Gasteiger partial charge in [-0.05, 0) is 17.7 Å². The highest BCUT2D eigenvalue weighted by molar-refractivity contribution is 5.35. The predicted octanol–water partition coefficient (Wildman–Crippen LogP) is 2.25. The van der Waals surface area contributed by atoms with E-state index in [9.17, 15) is 0 Å². The van der Waals surface area contributed by atoms with Gasteiger partial charge in [-0.1, -0.05) is 30.3 Å². The minimum atomic E-state index is 0.314. The van der Waals surface area contributed by atoms with Gasteiger partial charge in [-0.15, -0.1) is 10.2 Å². The van der Waals surface area contributed by atoms with Gasteiger partial charge in [0.05, 0.1) is 0 Å². The quantitative estimate of drug-likeness (QED) is 0.755. The highest BCUT2D eigenvalue weighted by atomic mass is 15.2. The zero-order valence-corrected chi connectivity index (χ0v) is 12.6. The number of nitriles is 1. The molecule has 1 N–H and O–H groups in total. The number of nitrogens with zero attached hydrogens (tertiary/aromatic N) is 5. The van der Waals surface area contributed by atoms with Crippen molar-refractivity contribution in [3.05, 3.63) is 71.9 Å². The van der Waals surface area contributed by atoms with Crippen molar-refractivity contribution < 1.29 is 0 Å². The van der Waals surface area contributed by atoms with E-state index in [1.165, 1.54) is 5.56 Å². The molecule has 6 heteroatoms. The molecule has 2 aromatic heterocycles. The van der Waals surface area contributed by atoms with Crippen LogP contribution in [0.15, 0.2) is 54.9 Å². The molecule has 2 heterocycles. The Morgan fingerprint density at radius 2 is 1.96 bits per heavy atom. The van der Waals surface area contributed by atoms with Gasteiger partial charge < -0.3 is 9.88 Å². The van der Waals surface area contributed by atoms with Crippen LogP contribution in [0.3, 0.4) is 0 Å². The maximum absolute atomic E-state index is 8.70. The maximum Gasteiger partial charge on any atom is 0.163 e. The molecule has 0 amide bonds. The molecule has 0 spiro atoms. The highest BCUT2D eigenvalue weighted by Crippen LogP contribution is 2.07. The van der Waals surface area contributed by atoms with Crippen LogP contribution in [0, 0.1) is 11.3 Å². The number of nitrogens with one attached hydrogen (secondary N) is 1. The summed E-state index contributed by atoms with van der Waals surface area (Å²) in [5, 5.41) is 19.6. The molecule has 0 fully saturated rings. The van der Waals surface area contributed by atoms with Crippen molar-refractivity contribution >= 4 is 5.82 Å². The summed E-state index contributed by atoms with van der Waals surface area (Å²) < 4.78 is 2.14. The van der Waals surface area contributed by atoms with E-state index >= 15 is 0 Å². The molecule has 0 aliphatic rings. The molecule has 0 unspecified atom stereocenters. The Hall–Kier alpha value is -3.20. The van der Waals surface area contributed by atoms with Crippen molar-refractivity contribution in [1.29, 1.82) is 5.26 Å². The Kier molecular flexibility index (Phi) is 4.60. The van der Waals surface area contributed by atoms with Crippen molar-refractivity contribution in [2.75, 3.05) is 11.9 Å². The van der Waals surface area contributed by atoms with Crippen molar-refractivity contribution in [3.63, 3.8) is 0 Å². The number of imidazole rings is 1. The molecule has 3 aromatic rings. The molecule has 0 saturated carbocycles.